The van der Waals surface area contributed by atoms with E-state index in [1.165, 1.54) is 0 Å². The van der Waals surface area contributed by atoms with E-state index in [1.54, 1.807) is 40.3 Å². The van der Waals surface area contributed by atoms with E-state index in [1.807, 2.05) is 60.9 Å². The summed E-state index contributed by atoms with van der Waals surface area (Å²) in [5.41, 5.74) is 2.40. The van der Waals surface area contributed by atoms with Crippen molar-refractivity contribution in [1.29, 1.82) is 0 Å². The Hall–Kier alpha value is -2.65. The summed E-state index contributed by atoms with van der Waals surface area (Å²) < 4.78 is 27.2. The van der Waals surface area contributed by atoms with E-state index in [4.69, 9.17) is 0 Å². The summed E-state index contributed by atoms with van der Waals surface area (Å²) in [6.45, 7) is 2.85. The zero-order valence-corrected chi connectivity index (χ0v) is 20.1. The molecule has 1 amide bonds. The molecule has 3 aromatic carbocycles. The van der Waals surface area contributed by atoms with Crippen molar-refractivity contribution < 1.29 is 13.2 Å². The molecule has 0 unspecified atom stereocenters. The molecule has 0 atom stereocenters. The van der Waals surface area contributed by atoms with Gasteiger partial charge in [0.25, 0.3) is 5.91 Å². The lowest BCUT2D eigenvalue weighted by Crippen LogP contribution is -2.48. The van der Waals surface area contributed by atoms with Gasteiger partial charge in [-0.25, -0.2) is 8.42 Å². The molecule has 1 aliphatic rings. The molecule has 1 saturated heterocycles. The van der Waals surface area contributed by atoms with Crippen LogP contribution < -0.4 is 5.32 Å². The average molecular weight is 482 g/mol. The SMILES string of the molecule is CSc1cccc(NC(=O)c2cccc(CN3CCN(S(=O)(=O)c4ccccc4)CC3)c2)c1. The monoisotopic (exact) mass is 481 g/mol. The molecule has 0 spiro atoms. The van der Waals surface area contributed by atoms with Gasteiger partial charge in [0.1, 0.15) is 0 Å². The van der Waals surface area contributed by atoms with Crippen molar-refractivity contribution in [2.24, 2.45) is 0 Å². The van der Waals surface area contributed by atoms with Crippen LogP contribution in [0.2, 0.25) is 0 Å². The summed E-state index contributed by atoms with van der Waals surface area (Å²) >= 11 is 1.63. The molecule has 0 aromatic heterocycles. The lowest BCUT2D eigenvalue weighted by atomic mass is 10.1. The Morgan fingerprint density at radius 1 is 0.909 bits per heavy atom. The van der Waals surface area contributed by atoms with Crippen LogP contribution in [0.3, 0.4) is 0 Å². The Morgan fingerprint density at radius 2 is 1.64 bits per heavy atom. The third kappa shape index (κ3) is 5.83. The molecule has 1 fully saturated rings. The second-order valence-corrected chi connectivity index (χ2v) is 10.7. The predicted molar refractivity (Wildman–Crippen MR) is 133 cm³/mol. The van der Waals surface area contributed by atoms with E-state index < -0.39 is 10.0 Å². The van der Waals surface area contributed by atoms with Crippen LogP contribution in [0.25, 0.3) is 0 Å². The van der Waals surface area contributed by atoms with Crippen LogP contribution in [0.4, 0.5) is 5.69 Å². The number of carbonyl (C=O) groups excluding carboxylic acids is 1. The van der Waals surface area contributed by atoms with Gasteiger partial charge in [0.05, 0.1) is 4.90 Å². The van der Waals surface area contributed by atoms with E-state index in [0.29, 0.717) is 43.2 Å². The Morgan fingerprint density at radius 3 is 2.36 bits per heavy atom. The van der Waals surface area contributed by atoms with Gasteiger partial charge in [-0.3, -0.25) is 9.69 Å². The number of amides is 1. The van der Waals surface area contributed by atoms with Gasteiger partial charge in [-0.2, -0.15) is 4.31 Å². The second-order valence-electron chi connectivity index (χ2n) is 7.88. The van der Waals surface area contributed by atoms with Gasteiger partial charge >= 0.3 is 0 Å². The molecule has 1 heterocycles. The summed E-state index contributed by atoms with van der Waals surface area (Å²) in [4.78, 5) is 16.4. The fourth-order valence-electron chi connectivity index (χ4n) is 3.84. The van der Waals surface area contributed by atoms with Crippen molar-refractivity contribution in [3.05, 3.63) is 90.0 Å². The minimum absolute atomic E-state index is 0.145. The number of hydrogen-bond donors (Lipinski definition) is 1. The molecular weight excluding hydrogens is 454 g/mol. The summed E-state index contributed by atoms with van der Waals surface area (Å²) in [5.74, 6) is -0.145. The van der Waals surface area contributed by atoms with Crippen LogP contribution in [0.1, 0.15) is 15.9 Å². The Kier molecular flexibility index (Phi) is 7.49. The van der Waals surface area contributed by atoms with Gasteiger partial charge in [0, 0.05) is 48.9 Å². The highest BCUT2D eigenvalue weighted by Gasteiger charge is 2.28. The number of nitrogens with zero attached hydrogens (tertiary/aromatic N) is 2. The highest BCUT2D eigenvalue weighted by molar-refractivity contribution is 7.98. The molecule has 0 aliphatic carbocycles. The molecule has 33 heavy (non-hydrogen) atoms. The third-order valence-electron chi connectivity index (χ3n) is 5.64. The molecule has 3 aromatic rings. The quantitative estimate of drug-likeness (QED) is 0.513. The van der Waals surface area contributed by atoms with E-state index in [0.717, 1.165) is 16.1 Å². The maximum absolute atomic E-state index is 12.8. The molecule has 6 nitrogen and oxygen atoms in total. The summed E-state index contributed by atoms with van der Waals surface area (Å²) in [6.07, 6.45) is 2.00. The lowest BCUT2D eigenvalue weighted by molar-refractivity contribution is 0.102. The fourth-order valence-corrected chi connectivity index (χ4v) is 5.75. The van der Waals surface area contributed by atoms with Gasteiger partial charge in [-0.15, -0.1) is 11.8 Å². The molecule has 0 bridgehead atoms. The van der Waals surface area contributed by atoms with Crippen molar-refractivity contribution >= 4 is 33.4 Å². The van der Waals surface area contributed by atoms with E-state index in [-0.39, 0.29) is 5.91 Å². The molecule has 8 heteroatoms. The van der Waals surface area contributed by atoms with E-state index >= 15 is 0 Å². The lowest BCUT2D eigenvalue weighted by Gasteiger charge is -2.34. The molecule has 0 saturated carbocycles. The van der Waals surface area contributed by atoms with Gasteiger partial charge in [0.2, 0.25) is 10.0 Å². The summed E-state index contributed by atoms with van der Waals surface area (Å²) in [7, 11) is -3.46. The Balaban J connectivity index is 1.36. The topological polar surface area (TPSA) is 69.7 Å². The first kappa shape index (κ1) is 23.5. The largest absolute Gasteiger partial charge is 0.322 e. The summed E-state index contributed by atoms with van der Waals surface area (Å²) in [6, 6.07) is 23.9. The number of thioether (sulfide) groups is 1. The van der Waals surface area contributed by atoms with Crippen LogP contribution in [0.15, 0.2) is 88.7 Å². The summed E-state index contributed by atoms with van der Waals surface area (Å²) in [5, 5.41) is 2.96. The van der Waals surface area contributed by atoms with E-state index in [9.17, 15) is 13.2 Å². The van der Waals surface area contributed by atoms with E-state index in [2.05, 4.69) is 10.2 Å². The van der Waals surface area contributed by atoms with Crippen molar-refractivity contribution in [2.45, 2.75) is 16.3 Å². The Labute approximate surface area is 199 Å². The standard InChI is InChI=1S/C25H27N3O3S2/c1-32-23-10-6-9-22(18-23)26-25(29)21-8-5-7-20(17-21)19-27-13-15-28(16-14-27)33(30,31)24-11-3-2-4-12-24/h2-12,17-18H,13-16,19H2,1H3,(H,26,29). The zero-order valence-electron chi connectivity index (χ0n) is 18.5. The number of piperazine rings is 1. The zero-order chi connectivity index (χ0) is 23.3. The number of hydrogen-bond acceptors (Lipinski definition) is 5. The number of rotatable bonds is 7. The number of sulfonamides is 1. The first-order chi connectivity index (χ1) is 16.0. The molecule has 4 rings (SSSR count). The van der Waals surface area contributed by atoms with Crippen molar-refractivity contribution in [1.82, 2.24) is 9.21 Å². The minimum atomic E-state index is -3.46. The smallest absolute Gasteiger partial charge is 0.255 e. The third-order valence-corrected chi connectivity index (χ3v) is 8.27. The van der Waals surface area contributed by atoms with Gasteiger partial charge in [-0.1, -0.05) is 36.4 Å². The molecule has 1 N–H and O–H groups in total. The molecule has 1 aliphatic heterocycles. The number of carbonyl (C=O) groups is 1. The van der Waals surface area contributed by atoms with Gasteiger partial charge in [0.15, 0.2) is 0 Å². The maximum atomic E-state index is 12.8. The first-order valence-corrected chi connectivity index (χ1v) is 13.4. The normalized spacial score (nSPS) is 15.3. The highest BCUT2D eigenvalue weighted by Crippen LogP contribution is 2.21. The minimum Gasteiger partial charge on any atom is -0.322 e. The Bertz CT molecular complexity index is 1210. The van der Waals surface area contributed by atoms with Crippen molar-refractivity contribution in [3.63, 3.8) is 0 Å². The maximum Gasteiger partial charge on any atom is 0.255 e. The number of nitrogens with one attached hydrogen (secondary N) is 1. The first-order valence-electron chi connectivity index (χ1n) is 10.8. The van der Waals surface area contributed by atoms with Crippen LogP contribution in [0, 0.1) is 0 Å². The van der Waals surface area contributed by atoms with Crippen LogP contribution >= 0.6 is 11.8 Å². The molecule has 0 radical (unpaired) electrons. The van der Waals surface area contributed by atoms with Crippen LogP contribution in [0.5, 0.6) is 0 Å². The van der Waals surface area contributed by atoms with Crippen molar-refractivity contribution in [3.8, 4) is 0 Å². The van der Waals surface area contributed by atoms with Crippen LogP contribution in [-0.2, 0) is 16.6 Å². The fraction of sp³-hybridized carbons (Fsp3) is 0.240. The van der Waals surface area contributed by atoms with Crippen molar-refractivity contribution in [2.75, 3.05) is 37.8 Å². The number of anilines is 1. The van der Waals surface area contributed by atoms with Crippen LogP contribution in [-0.4, -0.2) is 56.0 Å². The molecule has 172 valence electrons. The average Bonchev–Trinajstić information content (AvgIpc) is 2.85. The number of benzene rings is 3. The molecular formula is C25H27N3O3S2. The van der Waals surface area contributed by atoms with Gasteiger partial charge < -0.3 is 5.32 Å². The predicted octanol–water partition coefficient (Wildman–Crippen LogP) is 4.17. The second kappa shape index (κ2) is 10.5. The highest BCUT2D eigenvalue weighted by atomic mass is 32.2. The van der Waals surface area contributed by atoms with Gasteiger partial charge in [-0.05, 0) is 54.3 Å².